The Morgan fingerprint density at radius 3 is 2.20 bits per heavy atom. The summed E-state index contributed by atoms with van der Waals surface area (Å²) < 4.78 is 0. The molecule has 1 aromatic carbocycles. The van der Waals surface area contributed by atoms with Crippen molar-refractivity contribution in [3.8, 4) is 0 Å². The van der Waals surface area contributed by atoms with Gasteiger partial charge in [-0.05, 0) is 44.0 Å². The van der Waals surface area contributed by atoms with E-state index in [2.05, 4.69) is 5.32 Å². The highest BCUT2D eigenvalue weighted by Crippen LogP contribution is 2.12. The van der Waals surface area contributed by atoms with E-state index in [9.17, 15) is 9.59 Å². The average molecular weight is 274 g/mol. The first-order valence-corrected chi connectivity index (χ1v) is 7.29. The first kappa shape index (κ1) is 14.6. The van der Waals surface area contributed by atoms with Crippen LogP contribution in [0.3, 0.4) is 0 Å². The van der Waals surface area contributed by atoms with E-state index in [1.54, 1.807) is 19.1 Å². The summed E-state index contributed by atoms with van der Waals surface area (Å²) in [5.74, 6) is 0.208. The minimum absolute atomic E-state index is 0.0530. The largest absolute Gasteiger partial charge is 0.376 e. The van der Waals surface area contributed by atoms with E-state index >= 15 is 0 Å². The minimum atomic E-state index is 0.0530. The van der Waals surface area contributed by atoms with Crippen LogP contribution in [0, 0.1) is 0 Å². The standard InChI is InChI=1S/C16H22N2O2/c1-13(19)14-6-8-15(9-7-14)17-12-16(20)18-10-4-2-3-5-11-18/h6-9,17H,2-5,10-12H2,1H3. The molecule has 0 atom stereocenters. The first-order valence-electron chi connectivity index (χ1n) is 7.29. The smallest absolute Gasteiger partial charge is 0.241 e. The zero-order valence-electron chi connectivity index (χ0n) is 12.0. The van der Waals surface area contributed by atoms with Crippen LogP contribution in [-0.4, -0.2) is 36.2 Å². The molecule has 0 aliphatic carbocycles. The number of Topliss-reactive ketones (excluding diaryl/α,β-unsaturated/α-hetero) is 1. The number of anilines is 1. The summed E-state index contributed by atoms with van der Waals surface area (Å²) in [4.78, 5) is 25.2. The molecule has 1 saturated heterocycles. The van der Waals surface area contributed by atoms with E-state index < -0.39 is 0 Å². The number of rotatable bonds is 4. The Kier molecular flexibility index (Phi) is 5.16. The summed E-state index contributed by atoms with van der Waals surface area (Å²) in [6.07, 6.45) is 4.67. The zero-order valence-corrected chi connectivity index (χ0v) is 12.0. The number of carbonyl (C=O) groups is 2. The topological polar surface area (TPSA) is 49.4 Å². The third-order valence-corrected chi connectivity index (χ3v) is 3.69. The second kappa shape index (κ2) is 7.08. The maximum absolute atomic E-state index is 12.1. The van der Waals surface area contributed by atoms with Gasteiger partial charge in [0.1, 0.15) is 0 Å². The van der Waals surface area contributed by atoms with Crippen LogP contribution < -0.4 is 5.32 Å². The first-order chi connectivity index (χ1) is 9.66. The summed E-state index contributed by atoms with van der Waals surface area (Å²) in [5.41, 5.74) is 1.56. The molecule has 4 heteroatoms. The van der Waals surface area contributed by atoms with Gasteiger partial charge in [-0.25, -0.2) is 0 Å². The lowest BCUT2D eigenvalue weighted by atomic mass is 10.1. The Labute approximate surface area is 120 Å². The van der Waals surface area contributed by atoms with Crippen molar-refractivity contribution < 1.29 is 9.59 Å². The Morgan fingerprint density at radius 2 is 1.65 bits per heavy atom. The van der Waals surface area contributed by atoms with Crippen LogP contribution >= 0.6 is 0 Å². The summed E-state index contributed by atoms with van der Waals surface area (Å²) in [6.45, 7) is 3.62. The van der Waals surface area contributed by atoms with E-state index in [0.29, 0.717) is 12.1 Å². The van der Waals surface area contributed by atoms with Crippen LogP contribution in [0.2, 0.25) is 0 Å². The predicted molar refractivity (Wildman–Crippen MR) is 80.0 cm³/mol. The molecule has 1 aromatic rings. The number of likely N-dealkylation sites (tertiary alicyclic amines) is 1. The summed E-state index contributed by atoms with van der Waals surface area (Å²) in [7, 11) is 0. The average Bonchev–Trinajstić information content (AvgIpc) is 2.74. The summed E-state index contributed by atoms with van der Waals surface area (Å²) >= 11 is 0. The van der Waals surface area contributed by atoms with E-state index in [1.807, 2.05) is 17.0 Å². The third kappa shape index (κ3) is 4.08. The number of nitrogens with one attached hydrogen (secondary N) is 1. The molecular formula is C16H22N2O2. The molecule has 0 spiro atoms. The SMILES string of the molecule is CC(=O)c1ccc(NCC(=O)N2CCCCCC2)cc1. The molecule has 108 valence electrons. The number of benzene rings is 1. The van der Waals surface area contributed by atoms with Crippen LogP contribution in [0.5, 0.6) is 0 Å². The normalized spacial score (nSPS) is 15.6. The molecule has 2 rings (SSSR count). The lowest BCUT2D eigenvalue weighted by molar-refractivity contribution is -0.129. The van der Waals surface area contributed by atoms with E-state index in [1.165, 1.54) is 12.8 Å². The van der Waals surface area contributed by atoms with Gasteiger partial charge in [0, 0.05) is 24.3 Å². The molecule has 1 N–H and O–H groups in total. The second-order valence-electron chi connectivity index (χ2n) is 5.28. The summed E-state index contributed by atoms with van der Waals surface area (Å²) in [5, 5.41) is 3.13. The van der Waals surface area contributed by atoms with Crippen LogP contribution in [-0.2, 0) is 4.79 Å². The van der Waals surface area contributed by atoms with Crippen molar-refractivity contribution in [3.63, 3.8) is 0 Å². The fourth-order valence-electron chi connectivity index (χ4n) is 2.43. The van der Waals surface area contributed by atoms with E-state index in [4.69, 9.17) is 0 Å². The lowest BCUT2D eigenvalue weighted by Crippen LogP contribution is -2.36. The molecule has 4 nitrogen and oxygen atoms in total. The van der Waals surface area contributed by atoms with Gasteiger partial charge in [0.15, 0.2) is 5.78 Å². The van der Waals surface area contributed by atoms with Crippen LogP contribution in [0.1, 0.15) is 43.0 Å². The molecule has 0 bridgehead atoms. The molecule has 20 heavy (non-hydrogen) atoms. The van der Waals surface area contributed by atoms with Crippen molar-refractivity contribution >= 4 is 17.4 Å². The van der Waals surface area contributed by atoms with Crippen LogP contribution in [0.4, 0.5) is 5.69 Å². The predicted octanol–water partition coefficient (Wildman–Crippen LogP) is 2.70. The van der Waals surface area contributed by atoms with E-state index in [-0.39, 0.29) is 11.7 Å². The van der Waals surface area contributed by atoms with Gasteiger partial charge in [0.2, 0.25) is 5.91 Å². The number of hydrogen-bond acceptors (Lipinski definition) is 3. The van der Waals surface area contributed by atoms with Gasteiger partial charge in [-0.15, -0.1) is 0 Å². The van der Waals surface area contributed by atoms with Crippen molar-refractivity contribution in [1.82, 2.24) is 4.90 Å². The molecule has 0 radical (unpaired) electrons. The molecule has 0 unspecified atom stereocenters. The van der Waals surface area contributed by atoms with E-state index in [0.717, 1.165) is 31.6 Å². The fourth-order valence-corrected chi connectivity index (χ4v) is 2.43. The third-order valence-electron chi connectivity index (χ3n) is 3.69. The summed E-state index contributed by atoms with van der Waals surface area (Å²) in [6, 6.07) is 7.24. The van der Waals surface area contributed by atoms with Gasteiger partial charge in [-0.3, -0.25) is 9.59 Å². The maximum atomic E-state index is 12.1. The Hall–Kier alpha value is -1.84. The number of amides is 1. The fraction of sp³-hybridized carbons (Fsp3) is 0.500. The second-order valence-corrected chi connectivity index (χ2v) is 5.28. The molecule has 1 fully saturated rings. The van der Waals surface area contributed by atoms with Crippen molar-refractivity contribution in [1.29, 1.82) is 0 Å². The Morgan fingerprint density at radius 1 is 1.05 bits per heavy atom. The van der Waals surface area contributed by atoms with Crippen molar-refractivity contribution in [2.45, 2.75) is 32.6 Å². The number of carbonyl (C=O) groups excluding carboxylic acids is 2. The molecule has 1 aliphatic heterocycles. The molecular weight excluding hydrogens is 252 g/mol. The number of ketones is 1. The molecule has 1 amide bonds. The Bertz CT molecular complexity index is 460. The van der Waals surface area contributed by atoms with Crippen molar-refractivity contribution in [3.05, 3.63) is 29.8 Å². The maximum Gasteiger partial charge on any atom is 0.241 e. The quantitative estimate of drug-likeness (QED) is 0.859. The van der Waals surface area contributed by atoms with Gasteiger partial charge >= 0.3 is 0 Å². The van der Waals surface area contributed by atoms with Crippen molar-refractivity contribution in [2.75, 3.05) is 25.0 Å². The Balaban J connectivity index is 1.84. The van der Waals surface area contributed by atoms with Crippen molar-refractivity contribution in [2.24, 2.45) is 0 Å². The number of hydrogen-bond donors (Lipinski definition) is 1. The number of nitrogens with zero attached hydrogens (tertiary/aromatic N) is 1. The van der Waals surface area contributed by atoms with Crippen LogP contribution in [0.25, 0.3) is 0 Å². The van der Waals surface area contributed by atoms with Gasteiger partial charge in [-0.2, -0.15) is 0 Å². The molecule has 0 aromatic heterocycles. The molecule has 1 heterocycles. The highest BCUT2D eigenvalue weighted by molar-refractivity contribution is 5.94. The minimum Gasteiger partial charge on any atom is -0.376 e. The van der Waals surface area contributed by atoms with Gasteiger partial charge in [0.05, 0.1) is 6.54 Å². The van der Waals surface area contributed by atoms with Gasteiger partial charge < -0.3 is 10.2 Å². The highest BCUT2D eigenvalue weighted by atomic mass is 16.2. The highest BCUT2D eigenvalue weighted by Gasteiger charge is 2.14. The van der Waals surface area contributed by atoms with Crippen LogP contribution in [0.15, 0.2) is 24.3 Å². The van der Waals surface area contributed by atoms with Gasteiger partial charge in [0.25, 0.3) is 0 Å². The molecule has 0 saturated carbocycles. The monoisotopic (exact) mass is 274 g/mol. The lowest BCUT2D eigenvalue weighted by Gasteiger charge is -2.20. The van der Waals surface area contributed by atoms with Gasteiger partial charge in [-0.1, -0.05) is 12.8 Å². The molecule has 1 aliphatic rings. The zero-order chi connectivity index (χ0) is 14.4.